The van der Waals surface area contributed by atoms with E-state index in [0.717, 1.165) is 11.1 Å². The molecular formula is C26H28F3N9O2. The number of carbonyl (C=O) groups is 1. The Hall–Kier alpha value is -4.59. The number of pyridine rings is 1. The number of carbonyl (C=O) groups excluding carboxylic acids is 1. The zero-order valence-corrected chi connectivity index (χ0v) is 22.5. The normalized spacial score (nSPS) is 12.3. The summed E-state index contributed by atoms with van der Waals surface area (Å²) >= 11 is 0. The summed E-state index contributed by atoms with van der Waals surface area (Å²) < 4.78 is 47.6. The van der Waals surface area contributed by atoms with Gasteiger partial charge in [-0.15, -0.1) is 0 Å². The maximum absolute atomic E-state index is 13.4. The summed E-state index contributed by atoms with van der Waals surface area (Å²) in [6.07, 6.45) is 0.993. The van der Waals surface area contributed by atoms with Crippen LogP contribution in [-0.2, 0) is 7.05 Å². The quantitative estimate of drug-likeness (QED) is 0.261. The van der Waals surface area contributed by atoms with Crippen LogP contribution in [0.5, 0.6) is 5.75 Å². The van der Waals surface area contributed by atoms with E-state index in [1.54, 1.807) is 43.2 Å². The van der Waals surface area contributed by atoms with Crippen LogP contribution in [0.2, 0.25) is 0 Å². The highest BCUT2D eigenvalue weighted by Gasteiger charge is 2.43. The number of methoxy groups -OCH3 is 1. The number of ketones is 1. The van der Waals surface area contributed by atoms with E-state index < -0.39 is 12.2 Å². The number of anilines is 4. The van der Waals surface area contributed by atoms with Gasteiger partial charge in [-0.05, 0) is 26.2 Å². The zero-order valence-electron chi connectivity index (χ0n) is 22.5. The van der Waals surface area contributed by atoms with Crippen LogP contribution in [0.15, 0.2) is 49.2 Å². The van der Waals surface area contributed by atoms with Crippen LogP contribution >= 0.6 is 0 Å². The van der Waals surface area contributed by atoms with Crippen LogP contribution in [0.4, 0.5) is 36.2 Å². The number of hydrogen-bond donors (Lipinski definition) is 2. The van der Waals surface area contributed by atoms with E-state index in [1.165, 1.54) is 33.6 Å². The highest BCUT2D eigenvalue weighted by molar-refractivity contribution is 6.02. The van der Waals surface area contributed by atoms with Gasteiger partial charge < -0.3 is 15.4 Å². The van der Waals surface area contributed by atoms with Crippen LogP contribution in [0.1, 0.15) is 35.4 Å². The molecule has 11 nitrogen and oxygen atoms in total. The van der Waals surface area contributed by atoms with Gasteiger partial charge in [-0.1, -0.05) is 13.0 Å². The van der Waals surface area contributed by atoms with Crippen molar-refractivity contribution in [3.63, 3.8) is 0 Å². The average molecular weight is 556 g/mol. The summed E-state index contributed by atoms with van der Waals surface area (Å²) in [6, 6.07) is 5.11. The first kappa shape index (κ1) is 28.4. The van der Waals surface area contributed by atoms with Crippen molar-refractivity contribution in [1.82, 2.24) is 34.6 Å². The van der Waals surface area contributed by atoms with E-state index in [-0.39, 0.29) is 23.7 Å². The minimum atomic E-state index is -4.51. The number of alkyl halides is 3. The highest BCUT2D eigenvalue weighted by atomic mass is 19.4. The first-order chi connectivity index (χ1) is 19.0. The number of nitrogens with one attached hydrogen (secondary N) is 2. The third-order valence-electron chi connectivity index (χ3n) is 5.89. The number of benzene rings is 1. The maximum atomic E-state index is 13.4. The van der Waals surface area contributed by atoms with Gasteiger partial charge in [0.15, 0.2) is 23.4 Å². The number of ether oxygens (including phenoxy) is 1. The molecule has 0 spiro atoms. The number of aromatic nitrogens is 6. The third-order valence-corrected chi connectivity index (χ3v) is 5.89. The average Bonchev–Trinajstić information content (AvgIpc) is 3.34. The number of aryl methyl sites for hydroxylation is 1. The molecule has 14 heteroatoms. The van der Waals surface area contributed by atoms with Crippen LogP contribution in [0.3, 0.4) is 0 Å². The van der Waals surface area contributed by atoms with Crippen molar-refractivity contribution in [3.05, 3.63) is 60.4 Å². The second kappa shape index (κ2) is 11.7. The van der Waals surface area contributed by atoms with Gasteiger partial charge in [-0.25, -0.2) is 15.0 Å². The molecule has 210 valence electrons. The molecule has 0 aliphatic carbocycles. The van der Waals surface area contributed by atoms with Crippen molar-refractivity contribution >= 4 is 28.8 Å². The Morgan fingerprint density at radius 2 is 1.80 bits per heavy atom. The summed E-state index contributed by atoms with van der Waals surface area (Å²) in [5.41, 5.74) is 1.74. The van der Waals surface area contributed by atoms with Crippen molar-refractivity contribution in [2.45, 2.75) is 25.6 Å². The molecule has 40 heavy (non-hydrogen) atoms. The van der Waals surface area contributed by atoms with Crippen LogP contribution in [0, 0.1) is 0 Å². The summed E-state index contributed by atoms with van der Waals surface area (Å²) in [5.74, 6) is 1.26. The second-order valence-electron chi connectivity index (χ2n) is 9.00. The molecule has 0 saturated carbocycles. The number of hydrogen-bond acceptors (Lipinski definition) is 10. The summed E-state index contributed by atoms with van der Waals surface area (Å²) in [7, 11) is 5.92. The Morgan fingerprint density at radius 1 is 1.05 bits per heavy atom. The van der Waals surface area contributed by atoms with Gasteiger partial charge in [-0.3, -0.25) is 19.4 Å². The number of Topliss-reactive ketones (excluding diaryl/α,β-unsaturated/α-hetero) is 1. The van der Waals surface area contributed by atoms with Gasteiger partial charge in [0.2, 0.25) is 0 Å². The first-order valence-corrected chi connectivity index (χ1v) is 12.2. The van der Waals surface area contributed by atoms with Crippen LogP contribution in [-0.4, -0.2) is 67.8 Å². The predicted molar refractivity (Wildman–Crippen MR) is 143 cm³/mol. The second-order valence-corrected chi connectivity index (χ2v) is 9.00. The zero-order chi connectivity index (χ0) is 29.0. The minimum absolute atomic E-state index is 0.144. The first-order valence-electron chi connectivity index (χ1n) is 12.2. The molecule has 0 bridgehead atoms. The lowest BCUT2D eigenvalue weighted by molar-refractivity contribution is -0.180. The van der Waals surface area contributed by atoms with E-state index in [0.29, 0.717) is 39.9 Å². The van der Waals surface area contributed by atoms with Gasteiger partial charge >= 0.3 is 6.18 Å². The lowest BCUT2D eigenvalue weighted by atomic mass is 10.1. The maximum Gasteiger partial charge on any atom is 0.409 e. The molecule has 4 aromatic rings. The molecule has 0 aliphatic rings. The Balaban J connectivity index is 1.66. The summed E-state index contributed by atoms with van der Waals surface area (Å²) in [5, 5.41) is 10.5. The number of para-hydroxylation sites is 1. The van der Waals surface area contributed by atoms with Gasteiger partial charge in [0.05, 0.1) is 47.7 Å². The van der Waals surface area contributed by atoms with Crippen molar-refractivity contribution in [1.29, 1.82) is 0 Å². The molecule has 0 fully saturated rings. The monoisotopic (exact) mass is 555 g/mol. The fourth-order valence-electron chi connectivity index (χ4n) is 4.08. The van der Waals surface area contributed by atoms with E-state index in [4.69, 9.17) is 4.74 Å². The molecule has 0 amide bonds. The van der Waals surface area contributed by atoms with Crippen molar-refractivity contribution in [3.8, 4) is 17.1 Å². The van der Waals surface area contributed by atoms with E-state index >= 15 is 0 Å². The SMILES string of the molecule is CCC(=O)c1cnc(Nc2cnc(C(N(C)C)C(F)(F)F)cn2)cc1Nc1cccc(-c2ncn(C)n2)c1OC. The van der Waals surface area contributed by atoms with E-state index in [2.05, 4.69) is 35.7 Å². The van der Waals surface area contributed by atoms with Gasteiger partial charge in [0, 0.05) is 25.7 Å². The lowest BCUT2D eigenvalue weighted by Crippen LogP contribution is -2.34. The molecule has 2 N–H and O–H groups in total. The smallest absolute Gasteiger partial charge is 0.409 e. The highest BCUT2D eigenvalue weighted by Crippen LogP contribution is 2.38. The summed E-state index contributed by atoms with van der Waals surface area (Å²) in [4.78, 5) is 30.4. The number of halogens is 3. The topological polar surface area (TPSA) is 123 Å². The van der Waals surface area contributed by atoms with Crippen molar-refractivity contribution in [2.24, 2.45) is 7.05 Å². The minimum Gasteiger partial charge on any atom is -0.494 e. The number of rotatable bonds is 10. The molecule has 3 aromatic heterocycles. The predicted octanol–water partition coefficient (Wildman–Crippen LogP) is 4.92. The fourth-order valence-corrected chi connectivity index (χ4v) is 4.08. The van der Waals surface area contributed by atoms with Gasteiger partial charge in [0.25, 0.3) is 0 Å². The Bertz CT molecular complexity index is 1490. The Kier molecular flexibility index (Phi) is 8.28. The molecule has 4 rings (SSSR count). The van der Waals surface area contributed by atoms with Gasteiger partial charge in [0.1, 0.15) is 18.0 Å². The summed E-state index contributed by atoms with van der Waals surface area (Å²) in [6.45, 7) is 1.74. The molecule has 0 aliphatic heterocycles. The Labute approximate surface area is 228 Å². The standard InChI is InChI=1S/C26H28F3N9O2/c1-6-20(39)16-11-31-21(35-22-13-30-19(12-32-22)24(37(2)3)26(27,28)29)10-18(16)34-17-9-7-8-15(23(17)40-5)25-33-14-38(4)36-25/h7-14,24H,6H2,1-5H3,(H2,31,32,34,35). The Morgan fingerprint density at radius 3 is 2.38 bits per heavy atom. The largest absolute Gasteiger partial charge is 0.494 e. The fraction of sp³-hybridized carbons (Fsp3) is 0.308. The molecular weight excluding hydrogens is 527 g/mol. The molecule has 0 radical (unpaired) electrons. The van der Waals surface area contributed by atoms with E-state index in [9.17, 15) is 18.0 Å². The number of nitrogens with zero attached hydrogens (tertiary/aromatic N) is 7. The molecule has 1 atom stereocenters. The van der Waals surface area contributed by atoms with Crippen LogP contribution in [0.25, 0.3) is 11.4 Å². The molecule has 0 saturated heterocycles. The van der Waals surface area contributed by atoms with Gasteiger partial charge in [-0.2, -0.15) is 18.3 Å². The van der Waals surface area contributed by atoms with E-state index in [1.807, 2.05) is 6.07 Å². The molecule has 1 unspecified atom stereocenters. The molecule has 3 heterocycles. The third kappa shape index (κ3) is 6.17. The van der Waals surface area contributed by atoms with Crippen LogP contribution < -0.4 is 15.4 Å². The lowest BCUT2D eigenvalue weighted by Gasteiger charge is -2.25. The van der Waals surface area contributed by atoms with Crippen molar-refractivity contribution in [2.75, 3.05) is 31.8 Å². The molecule has 1 aromatic carbocycles. The van der Waals surface area contributed by atoms with Crippen molar-refractivity contribution < 1.29 is 22.7 Å².